The minimum atomic E-state index is -0.299. The molecule has 0 spiro atoms. The average Bonchev–Trinajstić information content (AvgIpc) is 2.45. The van der Waals surface area contributed by atoms with Gasteiger partial charge in [-0.25, -0.2) is 4.39 Å². The van der Waals surface area contributed by atoms with Crippen LogP contribution in [0.15, 0.2) is 48.5 Å². The van der Waals surface area contributed by atoms with E-state index in [2.05, 4.69) is 17.4 Å². The van der Waals surface area contributed by atoms with Crippen LogP contribution in [-0.2, 0) is 6.42 Å². The maximum atomic E-state index is 13.8. The fourth-order valence-corrected chi connectivity index (χ4v) is 2.40. The predicted octanol–water partition coefficient (Wildman–Crippen LogP) is 4.37. The second-order valence-electron chi connectivity index (χ2n) is 4.50. The molecule has 0 aromatic heterocycles. The first-order chi connectivity index (χ1) is 9.22. The predicted molar refractivity (Wildman–Crippen MR) is 78.0 cm³/mol. The monoisotopic (exact) mass is 277 g/mol. The maximum Gasteiger partial charge on any atom is 0.144 e. The highest BCUT2D eigenvalue weighted by Crippen LogP contribution is 2.23. The molecular weight excluding hydrogens is 261 g/mol. The van der Waals surface area contributed by atoms with Gasteiger partial charge in [0, 0.05) is 6.04 Å². The highest BCUT2D eigenvalue weighted by atomic mass is 35.5. The molecule has 0 aliphatic carbocycles. The van der Waals surface area contributed by atoms with E-state index in [0.717, 1.165) is 6.42 Å². The zero-order valence-electron chi connectivity index (χ0n) is 10.9. The third-order valence-corrected chi connectivity index (χ3v) is 3.58. The van der Waals surface area contributed by atoms with Gasteiger partial charge in [-0.05, 0) is 37.1 Å². The van der Waals surface area contributed by atoms with E-state index in [9.17, 15) is 4.39 Å². The first kappa shape index (κ1) is 14.0. The van der Waals surface area contributed by atoms with Gasteiger partial charge < -0.3 is 5.32 Å². The molecule has 0 fully saturated rings. The molecule has 0 saturated carbocycles. The number of halogens is 2. The molecule has 0 heterocycles. The van der Waals surface area contributed by atoms with Gasteiger partial charge in [-0.2, -0.15) is 0 Å². The maximum absolute atomic E-state index is 13.8. The van der Waals surface area contributed by atoms with Crippen molar-refractivity contribution >= 4 is 11.6 Å². The van der Waals surface area contributed by atoms with Crippen molar-refractivity contribution in [3.63, 3.8) is 0 Å². The SMILES string of the molecule is CNC(CCc1cccc(Cl)c1F)c1ccccc1. The summed E-state index contributed by atoms with van der Waals surface area (Å²) in [4.78, 5) is 0. The van der Waals surface area contributed by atoms with Crippen LogP contribution in [0, 0.1) is 5.82 Å². The highest BCUT2D eigenvalue weighted by molar-refractivity contribution is 6.30. The molecule has 19 heavy (non-hydrogen) atoms. The van der Waals surface area contributed by atoms with Crippen molar-refractivity contribution in [3.05, 3.63) is 70.5 Å². The lowest BCUT2D eigenvalue weighted by molar-refractivity contribution is 0.534. The lowest BCUT2D eigenvalue weighted by atomic mass is 9.99. The second-order valence-corrected chi connectivity index (χ2v) is 4.91. The van der Waals surface area contributed by atoms with Crippen molar-refractivity contribution in [3.8, 4) is 0 Å². The minimum absolute atomic E-state index is 0.193. The first-order valence-corrected chi connectivity index (χ1v) is 6.75. The molecule has 0 amide bonds. The number of aryl methyl sites for hydroxylation is 1. The highest BCUT2D eigenvalue weighted by Gasteiger charge is 2.11. The van der Waals surface area contributed by atoms with E-state index in [1.165, 1.54) is 5.56 Å². The molecule has 1 unspecified atom stereocenters. The van der Waals surface area contributed by atoms with Gasteiger partial charge in [-0.1, -0.05) is 54.1 Å². The molecule has 2 rings (SSSR count). The van der Waals surface area contributed by atoms with E-state index in [1.807, 2.05) is 25.2 Å². The van der Waals surface area contributed by atoms with Gasteiger partial charge in [0.05, 0.1) is 5.02 Å². The summed E-state index contributed by atoms with van der Waals surface area (Å²) in [7, 11) is 1.92. The Morgan fingerprint density at radius 3 is 2.53 bits per heavy atom. The summed E-state index contributed by atoms with van der Waals surface area (Å²) in [5.74, 6) is -0.299. The van der Waals surface area contributed by atoms with Crippen molar-refractivity contribution in [1.82, 2.24) is 5.32 Å². The molecule has 2 aromatic carbocycles. The normalized spacial score (nSPS) is 12.4. The Kier molecular flexibility index (Phi) is 4.94. The van der Waals surface area contributed by atoms with E-state index in [1.54, 1.807) is 18.2 Å². The largest absolute Gasteiger partial charge is 0.313 e. The third-order valence-electron chi connectivity index (χ3n) is 3.28. The minimum Gasteiger partial charge on any atom is -0.313 e. The van der Waals surface area contributed by atoms with Crippen LogP contribution in [0.3, 0.4) is 0 Å². The standard InChI is InChI=1S/C16H17ClFN/c1-19-15(12-6-3-2-4-7-12)11-10-13-8-5-9-14(17)16(13)18/h2-9,15,19H,10-11H2,1H3. The number of hydrogen-bond donors (Lipinski definition) is 1. The fraction of sp³-hybridized carbons (Fsp3) is 0.250. The Morgan fingerprint density at radius 2 is 1.84 bits per heavy atom. The second kappa shape index (κ2) is 6.69. The summed E-state index contributed by atoms with van der Waals surface area (Å²) in [6, 6.07) is 15.6. The third kappa shape index (κ3) is 3.55. The van der Waals surface area contributed by atoms with Gasteiger partial charge in [0.15, 0.2) is 0 Å². The molecule has 100 valence electrons. The Balaban J connectivity index is 2.06. The van der Waals surface area contributed by atoms with E-state index in [0.29, 0.717) is 12.0 Å². The molecule has 0 radical (unpaired) electrons. The van der Waals surface area contributed by atoms with Crippen molar-refractivity contribution < 1.29 is 4.39 Å². The molecule has 0 aliphatic heterocycles. The number of hydrogen-bond acceptors (Lipinski definition) is 1. The summed E-state index contributed by atoms with van der Waals surface area (Å²) < 4.78 is 13.8. The summed E-state index contributed by atoms with van der Waals surface area (Å²) in [5.41, 5.74) is 1.89. The summed E-state index contributed by atoms with van der Waals surface area (Å²) in [6.45, 7) is 0. The van der Waals surface area contributed by atoms with E-state index in [-0.39, 0.29) is 16.9 Å². The Morgan fingerprint density at radius 1 is 1.11 bits per heavy atom. The van der Waals surface area contributed by atoms with Crippen LogP contribution in [0.25, 0.3) is 0 Å². The van der Waals surface area contributed by atoms with Crippen LogP contribution in [0.4, 0.5) is 4.39 Å². The van der Waals surface area contributed by atoms with Crippen LogP contribution < -0.4 is 5.32 Å². The smallest absolute Gasteiger partial charge is 0.144 e. The number of rotatable bonds is 5. The van der Waals surface area contributed by atoms with E-state index >= 15 is 0 Å². The topological polar surface area (TPSA) is 12.0 Å². The molecule has 1 nitrogen and oxygen atoms in total. The molecular formula is C16H17ClFN. The van der Waals surface area contributed by atoms with Crippen molar-refractivity contribution in [2.75, 3.05) is 7.05 Å². The van der Waals surface area contributed by atoms with Crippen LogP contribution in [0.5, 0.6) is 0 Å². The Hall–Kier alpha value is -1.38. The summed E-state index contributed by atoms with van der Waals surface area (Å²) in [5, 5.41) is 3.46. The molecule has 1 atom stereocenters. The van der Waals surface area contributed by atoms with Crippen molar-refractivity contribution in [2.45, 2.75) is 18.9 Å². The van der Waals surface area contributed by atoms with Gasteiger partial charge in [-0.15, -0.1) is 0 Å². The zero-order chi connectivity index (χ0) is 13.7. The zero-order valence-corrected chi connectivity index (χ0v) is 11.6. The fourth-order valence-electron chi connectivity index (χ4n) is 2.20. The average molecular weight is 278 g/mol. The van der Waals surface area contributed by atoms with E-state index < -0.39 is 0 Å². The van der Waals surface area contributed by atoms with Crippen LogP contribution in [0.1, 0.15) is 23.6 Å². The van der Waals surface area contributed by atoms with Gasteiger partial charge in [0.2, 0.25) is 0 Å². The molecule has 0 aliphatic rings. The first-order valence-electron chi connectivity index (χ1n) is 6.37. The van der Waals surface area contributed by atoms with Gasteiger partial charge in [0.1, 0.15) is 5.82 Å². The Labute approximate surface area is 118 Å². The number of benzene rings is 2. The molecule has 3 heteroatoms. The summed E-state index contributed by atoms with van der Waals surface area (Å²) >= 11 is 5.79. The lowest BCUT2D eigenvalue weighted by Crippen LogP contribution is -2.17. The van der Waals surface area contributed by atoms with Crippen molar-refractivity contribution in [1.29, 1.82) is 0 Å². The van der Waals surface area contributed by atoms with Crippen molar-refractivity contribution in [2.24, 2.45) is 0 Å². The van der Waals surface area contributed by atoms with Gasteiger partial charge >= 0.3 is 0 Å². The molecule has 0 bridgehead atoms. The summed E-state index contributed by atoms with van der Waals surface area (Å²) in [6.07, 6.45) is 1.49. The molecule has 0 saturated heterocycles. The van der Waals surface area contributed by atoms with Crippen LogP contribution >= 0.6 is 11.6 Å². The van der Waals surface area contributed by atoms with Gasteiger partial charge in [-0.3, -0.25) is 0 Å². The number of nitrogens with one attached hydrogen (secondary N) is 1. The molecule has 1 N–H and O–H groups in total. The lowest BCUT2D eigenvalue weighted by Gasteiger charge is -2.16. The van der Waals surface area contributed by atoms with E-state index in [4.69, 9.17) is 11.6 Å². The Bertz CT molecular complexity index is 528. The van der Waals surface area contributed by atoms with Crippen LogP contribution in [0.2, 0.25) is 5.02 Å². The van der Waals surface area contributed by atoms with Crippen LogP contribution in [-0.4, -0.2) is 7.05 Å². The quantitative estimate of drug-likeness (QED) is 0.856. The molecule has 2 aromatic rings. The van der Waals surface area contributed by atoms with Gasteiger partial charge in [0.25, 0.3) is 0 Å².